The Hall–Kier alpha value is -1.70. The second kappa shape index (κ2) is 9.62. The van der Waals surface area contributed by atoms with E-state index in [1.54, 1.807) is 0 Å². The second-order valence-corrected chi connectivity index (χ2v) is 9.33. The number of amides is 1. The SMILES string of the molecule is Cc1nn(-c2ccc(Br)cc2)c(C)c1C(=O)N1CCC(CCN2CCOCC2)CC1. The van der Waals surface area contributed by atoms with Gasteiger partial charge in [0.1, 0.15) is 0 Å². The highest BCUT2D eigenvalue weighted by atomic mass is 79.9. The van der Waals surface area contributed by atoms with Crippen LogP contribution in [0.2, 0.25) is 0 Å². The Labute approximate surface area is 187 Å². The van der Waals surface area contributed by atoms with Crippen molar-refractivity contribution in [1.82, 2.24) is 19.6 Å². The molecule has 2 fully saturated rings. The highest BCUT2D eigenvalue weighted by Gasteiger charge is 2.28. The molecule has 1 amide bonds. The van der Waals surface area contributed by atoms with Crippen LogP contribution < -0.4 is 0 Å². The Balaban J connectivity index is 1.36. The largest absolute Gasteiger partial charge is 0.379 e. The number of carbonyl (C=O) groups is 1. The van der Waals surface area contributed by atoms with Crippen LogP contribution in [0, 0.1) is 19.8 Å². The molecule has 0 atom stereocenters. The molecule has 4 rings (SSSR count). The molecule has 0 aliphatic carbocycles. The minimum Gasteiger partial charge on any atom is -0.379 e. The topological polar surface area (TPSA) is 50.6 Å². The molecule has 0 bridgehead atoms. The molecular weight excluding hydrogens is 444 g/mol. The number of ether oxygens (including phenoxy) is 1. The predicted molar refractivity (Wildman–Crippen MR) is 121 cm³/mol. The maximum atomic E-state index is 13.3. The summed E-state index contributed by atoms with van der Waals surface area (Å²) < 4.78 is 8.34. The molecule has 3 heterocycles. The Morgan fingerprint density at radius 3 is 2.43 bits per heavy atom. The molecule has 7 heteroatoms. The van der Waals surface area contributed by atoms with Gasteiger partial charge in [-0.2, -0.15) is 5.10 Å². The van der Waals surface area contributed by atoms with E-state index >= 15 is 0 Å². The Morgan fingerprint density at radius 2 is 1.77 bits per heavy atom. The third-order valence-corrected chi connectivity index (χ3v) is 6.96. The fourth-order valence-electron chi connectivity index (χ4n) is 4.56. The predicted octanol–water partition coefficient (Wildman–Crippen LogP) is 3.83. The van der Waals surface area contributed by atoms with Crippen LogP contribution in [0.15, 0.2) is 28.7 Å². The van der Waals surface area contributed by atoms with Gasteiger partial charge < -0.3 is 9.64 Å². The monoisotopic (exact) mass is 474 g/mol. The lowest BCUT2D eigenvalue weighted by Gasteiger charge is -2.34. The van der Waals surface area contributed by atoms with Gasteiger partial charge in [0.15, 0.2) is 0 Å². The highest BCUT2D eigenvalue weighted by molar-refractivity contribution is 9.10. The lowest BCUT2D eigenvalue weighted by molar-refractivity contribution is 0.0332. The van der Waals surface area contributed by atoms with Gasteiger partial charge in [0.05, 0.1) is 35.9 Å². The molecular formula is C23H31BrN4O2. The quantitative estimate of drug-likeness (QED) is 0.660. The molecule has 0 radical (unpaired) electrons. The average molecular weight is 475 g/mol. The number of morpholine rings is 1. The van der Waals surface area contributed by atoms with Gasteiger partial charge in [-0.1, -0.05) is 15.9 Å². The third kappa shape index (κ3) is 4.79. The highest BCUT2D eigenvalue weighted by Crippen LogP contribution is 2.25. The standard InChI is InChI=1S/C23H31BrN4O2/c1-17-22(18(2)28(25-17)21-5-3-20(24)4-6-21)23(29)27-11-8-19(9-12-27)7-10-26-13-15-30-16-14-26/h3-6,19H,7-16H2,1-2H3. The van der Waals surface area contributed by atoms with Gasteiger partial charge in [-0.05, 0) is 69.8 Å². The van der Waals surface area contributed by atoms with E-state index in [1.165, 1.54) is 6.42 Å². The van der Waals surface area contributed by atoms with Crippen molar-refractivity contribution in [2.24, 2.45) is 5.92 Å². The van der Waals surface area contributed by atoms with Crippen molar-refractivity contribution in [3.05, 3.63) is 45.7 Å². The van der Waals surface area contributed by atoms with E-state index < -0.39 is 0 Å². The number of hydrogen-bond donors (Lipinski definition) is 0. The zero-order valence-corrected chi connectivity index (χ0v) is 19.5. The second-order valence-electron chi connectivity index (χ2n) is 8.41. The molecule has 0 N–H and O–H groups in total. The van der Waals surface area contributed by atoms with E-state index in [4.69, 9.17) is 4.74 Å². The average Bonchev–Trinajstić information content (AvgIpc) is 3.07. The summed E-state index contributed by atoms with van der Waals surface area (Å²) >= 11 is 3.47. The van der Waals surface area contributed by atoms with Crippen LogP contribution in [-0.4, -0.2) is 71.4 Å². The zero-order valence-electron chi connectivity index (χ0n) is 17.9. The molecule has 1 aromatic carbocycles. The number of hydrogen-bond acceptors (Lipinski definition) is 4. The van der Waals surface area contributed by atoms with Crippen LogP contribution >= 0.6 is 15.9 Å². The van der Waals surface area contributed by atoms with Crippen LogP contribution in [0.25, 0.3) is 5.69 Å². The molecule has 0 spiro atoms. The molecule has 162 valence electrons. The molecule has 1 aromatic heterocycles. The van der Waals surface area contributed by atoms with Crippen molar-refractivity contribution in [3.8, 4) is 5.69 Å². The van der Waals surface area contributed by atoms with Crippen LogP contribution in [0.5, 0.6) is 0 Å². The Bertz CT molecular complexity index is 866. The summed E-state index contributed by atoms with van der Waals surface area (Å²) in [5.41, 5.74) is 3.44. The first-order valence-electron chi connectivity index (χ1n) is 10.9. The van der Waals surface area contributed by atoms with Gasteiger partial charge in [0.2, 0.25) is 0 Å². The molecule has 6 nitrogen and oxygen atoms in total. The number of nitrogens with zero attached hydrogens (tertiary/aromatic N) is 4. The van der Waals surface area contributed by atoms with E-state index in [2.05, 4.69) is 25.9 Å². The number of halogens is 1. The summed E-state index contributed by atoms with van der Waals surface area (Å²) in [4.78, 5) is 17.8. The summed E-state index contributed by atoms with van der Waals surface area (Å²) in [5.74, 6) is 0.838. The first-order valence-corrected chi connectivity index (χ1v) is 11.7. The van der Waals surface area contributed by atoms with Crippen LogP contribution in [0.1, 0.15) is 41.0 Å². The van der Waals surface area contributed by atoms with E-state index in [0.717, 1.165) is 85.9 Å². The number of aryl methyl sites for hydroxylation is 1. The van der Waals surface area contributed by atoms with E-state index in [-0.39, 0.29) is 5.91 Å². The van der Waals surface area contributed by atoms with Gasteiger partial charge in [-0.15, -0.1) is 0 Å². The normalized spacial score (nSPS) is 18.7. The number of benzene rings is 1. The number of likely N-dealkylation sites (tertiary alicyclic amines) is 1. The van der Waals surface area contributed by atoms with E-state index in [1.807, 2.05) is 47.7 Å². The zero-order chi connectivity index (χ0) is 21.1. The minimum absolute atomic E-state index is 0.125. The fourth-order valence-corrected chi connectivity index (χ4v) is 4.82. The Morgan fingerprint density at radius 1 is 1.10 bits per heavy atom. The van der Waals surface area contributed by atoms with Gasteiger partial charge in [-0.3, -0.25) is 9.69 Å². The maximum absolute atomic E-state index is 13.3. The van der Waals surface area contributed by atoms with Crippen molar-refractivity contribution in [2.75, 3.05) is 45.9 Å². The van der Waals surface area contributed by atoms with Crippen LogP contribution in [-0.2, 0) is 4.74 Å². The molecule has 2 aromatic rings. The van der Waals surface area contributed by atoms with Gasteiger partial charge in [0.25, 0.3) is 5.91 Å². The molecule has 2 aliphatic rings. The summed E-state index contributed by atoms with van der Waals surface area (Å²) in [6.45, 7) is 10.6. The molecule has 2 aliphatic heterocycles. The van der Waals surface area contributed by atoms with Crippen molar-refractivity contribution < 1.29 is 9.53 Å². The van der Waals surface area contributed by atoms with E-state index in [0.29, 0.717) is 5.92 Å². The van der Waals surface area contributed by atoms with Crippen LogP contribution in [0.4, 0.5) is 0 Å². The van der Waals surface area contributed by atoms with Gasteiger partial charge in [-0.25, -0.2) is 4.68 Å². The fraction of sp³-hybridized carbons (Fsp3) is 0.565. The van der Waals surface area contributed by atoms with Crippen molar-refractivity contribution in [2.45, 2.75) is 33.1 Å². The number of piperidine rings is 1. The minimum atomic E-state index is 0.125. The lowest BCUT2D eigenvalue weighted by atomic mass is 9.93. The number of carbonyl (C=O) groups excluding carboxylic acids is 1. The van der Waals surface area contributed by atoms with Crippen molar-refractivity contribution in [3.63, 3.8) is 0 Å². The van der Waals surface area contributed by atoms with E-state index in [9.17, 15) is 4.79 Å². The number of aromatic nitrogens is 2. The first kappa shape index (κ1) is 21.5. The van der Waals surface area contributed by atoms with Crippen molar-refractivity contribution in [1.29, 1.82) is 0 Å². The molecule has 0 saturated carbocycles. The summed E-state index contributed by atoms with van der Waals surface area (Å²) in [5, 5.41) is 4.66. The van der Waals surface area contributed by atoms with Gasteiger partial charge in [0, 0.05) is 30.7 Å². The molecule has 30 heavy (non-hydrogen) atoms. The van der Waals surface area contributed by atoms with Crippen molar-refractivity contribution >= 4 is 21.8 Å². The Kier molecular flexibility index (Phi) is 6.91. The molecule has 0 unspecified atom stereocenters. The summed E-state index contributed by atoms with van der Waals surface area (Å²) in [6.07, 6.45) is 3.41. The lowest BCUT2D eigenvalue weighted by Crippen LogP contribution is -2.41. The maximum Gasteiger partial charge on any atom is 0.257 e. The van der Waals surface area contributed by atoms with Crippen LogP contribution in [0.3, 0.4) is 0 Å². The summed E-state index contributed by atoms with van der Waals surface area (Å²) in [6, 6.07) is 8.01. The first-order chi connectivity index (χ1) is 14.5. The summed E-state index contributed by atoms with van der Waals surface area (Å²) in [7, 11) is 0. The number of rotatable bonds is 5. The molecule has 2 saturated heterocycles. The third-order valence-electron chi connectivity index (χ3n) is 6.44. The van der Waals surface area contributed by atoms with Gasteiger partial charge >= 0.3 is 0 Å². The smallest absolute Gasteiger partial charge is 0.257 e.